The zero-order valence-electron chi connectivity index (χ0n) is 11.9. The molecule has 5 nitrogen and oxygen atoms in total. The van der Waals surface area contributed by atoms with Crippen LogP contribution in [-0.2, 0) is 4.74 Å². The monoisotopic (exact) mass is 286 g/mol. The highest BCUT2D eigenvalue weighted by atomic mass is 16.5. The molecule has 0 aliphatic carbocycles. The molecule has 2 N–H and O–H groups in total. The van der Waals surface area contributed by atoms with Crippen LogP contribution >= 0.6 is 0 Å². The highest BCUT2D eigenvalue weighted by molar-refractivity contribution is 6.06. The Morgan fingerprint density at radius 2 is 1.71 bits per heavy atom. The Bertz CT molecular complexity index is 635. The molecule has 2 amide bonds. The van der Waals surface area contributed by atoms with E-state index in [1.165, 1.54) is 0 Å². The first-order chi connectivity index (χ1) is 10.2. The molecule has 2 aromatic carbocycles. The molecule has 0 aliphatic rings. The second-order valence-corrected chi connectivity index (χ2v) is 4.43. The summed E-state index contributed by atoms with van der Waals surface area (Å²) in [4.78, 5) is 23.3. The van der Waals surface area contributed by atoms with Crippen molar-refractivity contribution in [2.24, 2.45) is 0 Å². The Morgan fingerprint density at radius 3 is 2.52 bits per heavy atom. The van der Waals surface area contributed by atoms with Crippen LogP contribution in [0.2, 0.25) is 0 Å². The number of hydrogen-bond acceptors (Lipinski definition) is 3. The van der Waals surface area contributed by atoms with E-state index in [4.69, 9.17) is 4.74 Å². The summed E-state index contributed by atoms with van der Waals surface area (Å²) < 4.78 is 4.73. The lowest BCUT2D eigenvalue weighted by Gasteiger charge is -2.09. The van der Waals surface area contributed by atoms with Gasteiger partial charge in [-0.1, -0.05) is 36.4 Å². The van der Waals surface area contributed by atoms with Crippen LogP contribution in [-0.4, -0.2) is 31.7 Å². The average molecular weight is 286 g/mol. The minimum atomic E-state index is -0.475. The van der Waals surface area contributed by atoms with Crippen molar-refractivity contribution < 1.29 is 14.3 Å². The molecule has 0 heterocycles. The van der Waals surface area contributed by atoms with Crippen LogP contribution in [0.1, 0.15) is 17.3 Å². The number of nitrogens with one attached hydrogen (secondary N) is 2. The Kier molecular flexibility index (Phi) is 5.15. The van der Waals surface area contributed by atoms with Crippen LogP contribution in [0.5, 0.6) is 0 Å². The SMILES string of the molecule is CCOC(=O)NCCNC(=O)c1cccc2ccccc12. The van der Waals surface area contributed by atoms with Gasteiger partial charge in [-0.3, -0.25) is 4.79 Å². The van der Waals surface area contributed by atoms with Crippen LogP contribution in [0.4, 0.5) is 4.79 Å². The maximum absolute atomic E-state index is 12.2. The first kappa shape index (κ1) is 14.8. The van der Waals surface area contributed by atoms with Gasteiger partial charge in [0.05, 0.1) is 6.61 Å². The van der Waals surface area contributed by atoms with Crippen molar-refractivity contribution in [2.75, 3.05) is 19.7 Å². The minimum Gasteiger partial charge on any atom is -0.450 e. The lowest BCUT2D eigenvalue weighted by Crippen LogP contribution is -2.35. The second-order valence-electron chi connectivity index (χ2n) is 4.43. The molecule has 0 saturated heterocycles. The molecule has 2 aromatic rings. The fraction of sp³-hybridized carbons (Fsp3) is 0.250. The third-order valence-electron chi connectivity index (χ3n) is 2.99. The van der Waals surface area contributed by atoms with E-state index in [-0.39, 0.29) is 5.91 Å². The lowest BCUT2D eigenvalue weighted by atomic mass is 10.0. The van der Waals surface area contributed by atoms with Gasteiger partial charge in [0.2, 0.25) is 0 Å². The molecule has 0 unspecified atom stereocenters. The van der Waals surface area contributed by atoms with E-state index in [0.717, 1.165) is 10.8 Å². The van der Waals surface area contributed by atoms with Crippen molar-refractivity contribution in [1.82, 2.24) is 10.6 Å². The van der Waals surface area contributed by atoms with Crippen molar-refractivity contribution in [2.45, 2.75) is 6.92 Å². The predicted molar refractivity (Wildman–Crippen MR) is 81.3 cm³/mol. The molecule has 110 valence electrons. The molecular formula is C16H18N2O3. The van der Waals surface area contributed by atoms with Crippen LogP contribution in [0, 0.1) is 0 Å². The van der Waals surface area contributed by atoms with E-state index >= 15 is 0 Å². The van der Waals surface area contributed by atoms with Gasteiger partial charge in [-0.15, -0.1) is 0 Å². The Labute approximate surface area is 123 Å². The van der Waals surface area contributed by atoms with Crippen LogP contribution in [0.15, 0.2) is 42.5 Å². The summed E-state index contributed by atoms with van der Waals surface area (Å²) in [5.74, 6) is -0.155. The van der Waals surface area contributed by atoms with Crippen molar-refractivity contribution in [3.63, 3.8) is 0 Å². The quantitative estimate of drug-likeness (QED) is 0.829. The maximum Gasteiger partial charge on any atom is 0.407 e. The summed E-state index contributed by atoms with van der Waals surface area (Å²) in [7, 11) is 0. The highest BCUT2D eigenvalue weighted by Crippen LogP contribution is 2.18. The van der Waals surface area contributed by atoms with E-state index < -0.39 is 6.09 Å². The van der Waals surface area contributed by atoms with Crippen LogP contribution in [0.25, 0.3) is 10.8 Å². The molecule has 0 saturated carbocycles. The molecular weight excluding hydrogens is 268 g/mol. The van der Waals surface area contributed by atoms with Gasteiger partial charge in [-0.25, -0.2) is 4.79 Å². The average Bonchev–Trinajstić information content (AvgIpc) is 2.51. The number of ether oxygens (including phenoxy) is 1. The van der Waals surface area contributed by atoms with Crippen LogP contribution in [0.3, 0.4) is 0 Å². The summed E-state index contributed by atoms with van der Waals surface area (Å²) in [6, 6.07) is 13.3. The Balaban J connectivity index is 1.92. The number of amides is 2. The van der Waals surface area contributed by atoms with Gasteiger partial charge < -0.3 is 15.4 Å². The molecule has 0 aromatic heterocycles. The molecule has 2 rings (SSSR count). The van der Waals surface area contributed by atoms with E-state index in [1.54, 1.807) is 13.0 Å². The van der Waals surface area contributed by atoms with Crippen molar-refractivity contribution in [3.05, 3.63) is 48.0 Å². The van der Waals surface area contributed by atoms with Gasteiger partial charge in [-0.05, 0) is 23.8 Å². The molecule has 0 atom stereocenters. The molecule has 0 radical (unpaired) electrons. The topological polar surface area (TPSA) is 67.4 Å². The number of alkyl carbamates (subject to hydrolysis) is 1. The van der Waals surface area contributed by atoms with Gasteiger partial charge in [0.1, 0.15) is 0 Å². The van der Waals surface area contributed by atoms with E-state index in [0.29, 0.717) is 25.3 Å². The first-order valence-corrected chi connectivity index (χ1v) is 6.89. The van der Waals surface area contributed by atoms with E-state index in [1.807, 2.05) is 36.4 Å². The normalized spacial score (nSPS) is 10.1. The summed E-state index contributed by atoms with van der Waals surface area (Å²) in [6.45, 7) is 2.74. The molecule has 5 heteroatoms. The van der Waals surface area contributed by atoms with E-state index in [9.17, 15) is 9.59 Å². The number of fused-ring (bicyclic) bond motifs is 1. The fourth-order valence-electron chi connectivity index (χ4n) is 2.04. The van der Waals surface area contributed by atoms with Gasteiger partial charge in [0, 0.05) is 18.7 Å². The first-order valence-electron chi connectivity index (χ1n) is 6.89. The zero-order chi connectivity index (χ0) is 15.1. The number of rotatable bonds is 5. The van der Waals surface area contributed by atoms with Crippen molar-refractivity contribution in [1.29, 1.82) is 0 Å². The summed E-state index contributed by atoms with van der Waals surface area (Å²) in [6.07, 6.45) is -0.475. The maximum atomic E-state index is 12.2. The summed E-state index contributed by atoms with van der Waals surface area (Å²) in [5.41, 5.74) is 0.629. The van der Waals surface area contributed by atoms with Crippen molar-refractivity contribution >= 4 is 22.8 Å². The van der Waals surface area contributed by atoms with Crippen molar-refractivity contribution in [3.8, 4) is 0 Å². The minimum absolute atomic E-state index is 0.155. The summed E-state index contributed by atoms with van der Waals surface area (Å²) >= 11 is 0. The predicted octanol–water partition coefficient (Wildman–Crippen LogP) is 2.32. The van der Waals surface area contributed by atoms with Crippen LogP contribution < -0.4 is 10.6 Å². The summed E-state index contributed by atoms with van der Waals surface area (Å²) in [5, 5.41) is 7.27. The van der Waals surface area contributed by atoms with Gasteiger partial charge in [-0.2, -0.15) is 0 Å². The fourth-order valence-corrected chi connectivity index (χ4v) is 2.04. The molecule has 21 heavy (non-hydrogen) atoms. The van der Waals surface area contributed by atoms with Gasteiger partial charge in [0.15, 0.2) is 0 Å². The zero-order valence-corrected chi connectivity index (χ0v) is 11.9. The van der Waals surface area contributed by atoms with Gasteiger partial charge in [0.25, 0.3) is 5.91 Å². The second kappa shape index (κ2) is 7.28. The van der Waals surface area contributed by atoms with E-state index in [2.05, 4.69) is 10.6 Å². The molecule has 0 fully saturated rings. The third-order valence-corrected chi connectivity index (χ3v) is 2.99. The standard InChI is InChI=1S/C16H18N2O3/c1-2-21-16(20)18-11-10-17-15(19)14-9-5-7-12-6-3-4-8-13(12)14/h3-9H,2,10-11H2,1H3,(H,17,19)(H,18,20). The number of hydrogen-bond donors (Lipinski definition) is 2. The highest BCUT2D eigenvalue weighted by Gasteiger charge is 2.09. The number of carbonyl (C=O) groups is 2. The largest absolute Gasteiger partial charge is 0.450 e. The van der Waals surface area contributed by atoms with Gasteiger partial charge >= 0.3 is 6.09 Å². The Hall–Kier alpha value is -2.56. The molecule has 0 aliphatic heterocycles. The smallest absolute Gasteiger partial charge is 0.407 e. The number of benzene rings is 2. The number of carbonyl (C=O) groups excluding carboxylic acids is 2. The molecule has 0 bridgehead atoms. The third kappa shape index (κ3) is 3.95. The Morgan fingerprint density at radius 1 is 1.00 bits per heavy atom. The molecule has 0 spiro atoms. The lowest BCUT2D eigenvalue weighted by molar-refractivity contribution is 0.0954.